The molecular weight excluding hydrogens is 1020 g/mol. The van der Waals surface area contributed by atoms with Crippen molar-refractivity contribution in [2.45, 2.75) is 116 Å². The van der Waals surface area contributed by atoms with Gasteiger partial charge in [-0.3, -0.25) is 9.69 Å². The van der Waals surface area contributed by atoms with E-state index in [1.165, 1.54) is 87.0 Å². The molecule has 0 spiro atoms. The van der Waals surface area contributed by atoms with Crippen molar-refractivity contribution in [1.29, 1.82) is 21.6 Å². The Kier molecular flexibility index (Phi) is 123. The predicted molar refractivity (Wildman–Crippen MR) is 387 cm³/mol. The van der Waals surface area contributed by atoms with E-state index in [0.717, 1.165) is 38.4 Å². The summed E-state index contributed by atoms with van der Waals surface area (Å²) in [7, 11) is 4.31. The molecule has 8 rings (SSSR count). The van der Waals surface area contributed by atoms with Crippen molar-refractivity contribution in [2.75, 3.05) is 91.8 Å². The van der Waals surface area contributed by atoms with E-state index in [4.69, 9.17) is 26.4 Å². The highest BCUT2D eigenvalue weighted by atomic mass is 32.2. The van der Waals surface area contributed by atoms with Crippen LogP contribution in [-0.4, -0.2) is 165 Å². The first kappa shape index (κ1) is 114. The number of nitrogens with zero attached hydrogens (tertiary/aromatic N) is 6. The standard InChI is InChI=1S/C15H12O.C8H11NOS.2C7H14N2.C7H13N.C2H6.5C2H4.4CH3N.8CH4/c1-2-16-15-13-9-5-3-7-11(13)12-8-4-6-10-14(12)15;1-2-8-9-4-7(10)3-6(9)5-11-8;2*1-3-9-6-4-8(2)5-7-9;1-2-8-6-4-3-5-7-8;10*1-2;;;;;;;;/h2-10,15H,1H2;2,6,8H,1,3-5H2;2*3H,1,4-7H2,2H3;2H,1,3-7H2;1-2H3;5*1-2H2;4*2H,1H2;8*1H4. The van der Waals surface area contributed by atoms with Crippen LogP contribution in [0, 0.1) is 21.6 Å². The van der Waals surface area contributed by atoms with Crippen LogP contribution in [0.5, 0.6) is 0 Å². The molecule has 12 nitrogen and oxygen atoms in total. The average Bonchev–Trinajstić information content (AvgIpc) is 4.17. The number of ketones is 1. The molecule has 6 aliphatic rings. The van der Waals surface area contributed by atoms with Crippen molar-refractivity contribution in [2.24, 2.45) is 0 Å². The van der Waals surface area contributed by atoms with Crippen molar-refractivity contribution < 1.29 is 9.53 Å². The lowest BCUT2D eigenvalue weighted by Crippen LogP contribution is -2.41. The fourth-order valence-electron chi connectivity index (χ4n) is 7.20. The molecule has 5 saturated heterocycles. The number of carbonyl (C=O) groups is 1. The van der Waals surface area contributed by atoms with Gasteiger partial charge in [0.25, 0.3) is 0 Å². The van der Waals surface area contributed by atoms with E-state index in [-0.39, 0.29) is 65.5 Å². The Morgan fingerprint density at radius 1 is 0.494 bits per heavy atom. The molecule has 0 saturated carbocycles. The van der Waals surface area contributed by atoms with Crippen LogP contribution in [0.1, 0.15) is 116 Å². The summed E-state index contributed by atoms with van der Waals surface area (Å²) in [6.45, 7) is 74.9. The molecule has 1 aliphatic carbocycles. The third-order valence-corrected chi connectivity index (χ3v) is 11.9. The largest absolute Gasteiger partial charge is 0.489 e. The molecule has 2 atom stereocenters. The van der Waals surface area contributed by atoms with Crippen LogP contribution < -0.4 is 0 Å². The number of carbonyl (C=O) groups excluding carboxylic acids is 1. The van der Waals surface area contributed by atoms with E-state index < -0.39 is 0 Å². The molecule has 13 heteroatoms. The van der Waals surface area contributed by atoms with Gasteiger partial charge in [0.15, 0.2) is 0 Å². The van der Waals surface area contributed by atoms with Gasteiger partial charge in [0.05, 0.1) is 18.2 Å². The Hall–Kier alpha value is -6.38. The zero-order valence-corrected chi connectivity index (χ0v) is 47.2. The Morgan fingerprint density at radius 3 is 1.09 bits per heavy atom. The van der Waals surface area contributed by atoms with E-state index in [1.807, 2.05) is 62.4 Å². The summed E-state index contributed by atoms with van der Waals surface area (Å²) in [4.78, 5) is 24.7. The number of piperazine rings is 2. The van der Waals surface area contributed by atoms with E-state index in [0.29, 0.717) is 23.7 Å². The number of Topliss-reactive ketones (excluding diaryl/α,β-unsaturated/α-hetero) is 1. The molecule has 81 heavy (non-hydrogen) atoms. The highest BCUT2D eigenvalue weighted by Gasteiger charge is 2.39. The summed E-state index contributed by atoms with van der Waals surface area (Å²) in [5.74, 6) is 1.49. The van der Waals surface area contributed by atoms with Crippen molar-refractivity contribution >= 4 is 44.4 Å². The highest BCUT2D eigenvalue weighted by molar-refractivity contribution is 8.00. The minimum atomic E-state index is 0. The molecule has 4 N–H and O–H groups in total. The Balaban J connectivity index is -0.0000000474. The van der Waals surface area contributed by atoms with Crippen LogP contribution in [0.4, 0.5) is 0 Å². The van der Waals surface area contributed by atoms with Crippen LogP contribution in [0.2, 0.25) is 0 Å². The number of thioether (sulfide) groups is 1. The molecule has 5 aliphatic heterocycles. The fraction of sp³-hybridized carbons (Fsp3) is 0.456. The number of piperidine rings is 1. The number of nitrogens with one attached hydrogen (secondary N) is 4. The second-order valence-corrected chi connectivity index (χ2v) is 15.4. The Morgan fingerprint density at radius 2 is 0.802 bits per heavy atom. The van der Waals surface area contributed by atoms with Crippen molar-refractivity contribution in [3.8, 4) is 11.1 Å². The molecule has 0 bridgehead atoms. The summed E-state index contributed by atoms with van der Waals surface area (Å²) in [6, 6.07) is 17.2. The SMILES string of the molecule is C.C.C.C.C.C.C.C.C=C.C=C.C=C.C=C.C=C.C=CC1SCC2CC(=O)CN21.C=CN1CCCCC1.C=CN1CCN(C)CC1.C=CN1CCN(C)CC1.C=COC1c2ccccc2-c2ccccc21.C=N.C=N.C=N.C=N.CC. The second-order valence-electron chi connectivity index (χ2n) is 14.2. The Bertz CT molecular complexity index is 1530. The van der Waals surface area contributed by atoms with Crippen LogP contribution in [0.25, 0.3) is 11.1 Å². The van der Waals surface area contributed by atoms with Crippen molar-refractivity contribution in [1.82, 2.24) is 29.4 Å². The zero-order valence-electron chi connectivity index (χ0n) is 46.4. The van der Waals surface area contributed by atoms with Gasteiger partial charge < -0.3 is 50.9 Å². The molecule has 0 aromatic heterocycles. The van der Waals surface area contributed by atoms with Gasteiger partial charge >= 0.3 is 0 Å². The maximum absolute atomic E-state index is 11.0. The quantitative estimate of drug-likeness (QED) is 0.126. The monoisotopic (exact) mass is 1160 g/mol. The minimum absolute atomic E-state index is 0. The third kappa shape index (κ3) is 49.2. The molecule has 0 radical (unpaired) electrons. The number of rotatable bonds is 6. The molecule has 0 amide bonds. The van der Waals surface area contributed by atoms with Gasteiger partial charge in [-0.2, -0.15) is 0 Å². The van der Waals surface area contributed by atoms with Crippen LogP contribution in [0.15, 0.2) is 178 Å². The number of benzene rings is 2. The maximum atomic E-state index is 11.0. The molecular formula is C68H134N10O2S. The smallest absolute Gasteiger partial charge is 0.149 e. The lowest BCUT2D eigenvalue weighted by atomic mass is 10.1. The van der Waals surface area contributed by atoms with Gasteiger partial charge in [-0.15, -0.1) is 84.1 Å². The fourth-order valence-corrected chi connectivity index (χ4v) is 8.50. The van der Waals surface area contributed by atoms with Gasteiger partial charge in [0.1, 0.15) is 11.9 Å². The second kappa shape index (κ2) is 87.5. The van der Waals surface area contributed by atoms with Crippen LogP contribution in [0.3, 0.4) is 0 Å². The van der Waals surface area contributed by atoms with E-state index in [9.17, 15) is 4.79 Å². The summed E-state index contributed by atoms with van der Waals surface area (Å²) in [5, 5.41) is 22.4. The first-order valence-corrected chi connectivity index (χ1v) is 25.2. The average molecular weight is 1160 g/mol. The topological polar surface area (TPSA) is 141 Å². The zero-order chi connectivity index (χ0) is 58.0. The van der Waals surface area contributed by atoms with Crippen molar-refractivity contribution in [3.05, 3.63) is 189 Å². The van der Waals surface area contributed by atoms with Gasteiger partial charge in [-0.25, -0.2) is 0 Å². The number of hydrogen-bond acceptors (Lipinski definition) is 13. The molecule has 5 heterocycles. The van der Waals surface area contributed by atoms with Gasteiger partial charge in [0.2, 0.25) is 0 Å². The lowest BCUT2D eigenvalue weighted by molar-refractivity contribution is -0.116. The van der Waals surface area contributed by atoms with E-state index in [2.05, 4.69) is 205 Å². The molecule has 2 aromatic carbocycles. The lowest BCUT2D eigenvalue weighted by Gasteiger charge is -2.31. The Labute approximate surface area is 511 Å². The first-order chi connectivity index (χ1) is 35.8. The van der Waals surface area contributed by atoms with Crippen LogP contribution in [-0.2, 0) is 9.53 Å². The molecule has 2 unspecified atom stereocenters. The molecule has 474 valence electrons. The van der Waals surface area contributed by atoms with E-state index >= 15 is 0 Å². The van der Waals surface area contributed by atoms with E-state index in [1.54, 1.807) is 0 Å². The number of likely N-dealkylation sites (N-methyl/N-ethyl adjacent to an activating group) is 2. The van der Waals surface area contributed by atoms with Gasteiger partial charge in [0, 0.05) is 94.8 Å². The number of likely N-dealkylation sites (tertiary alicyclic amines) is 1. The number of ether oxygens (including phenoxy) is 1. The number of fused-ring (bicyclic) bond motifs is 4. The predicted octanol–water partition coefficient (Wildman–Crippen LogP) is 18.4. The minimum Gasteiger partial charge on any atom is -0.489 e. The molecule has 2 aromatic rings. The van der Waals surface area contributed by atoms with Crippen molar-refractivity contribution in [3.63, 3.8) is 0 Å². The van der Waals surface area contributed by atoms with Gasteiger partial charge in [-0.05, 0) is 90.0 Å². The van der Waals surface area contributed by atoms with Crippen LogP contribution >= 0.6 is 11.8 Å². The number of hydrogen-bond donors (Lipinski definition) is 4. The third-order valence-electron chi connectivity index (χ3n) is 10.5. The summed E-state index contributed by atoms with van der Waals surface area (Å²) in [5.41, 5.74) is 4.99. The first-order valence-electron chi connectivity index (χ1n) is 24.2. The molecule has 5 fully saturated rings. The maximum Gasteiger partial charge on any atom is 0.149 e. The summed E-state index contributed by atoms with van der Waals surface area (Å²) in [6.07, 6.45) is 14.1. The normalized spacial score (nSPS) is 15.2. The summed E-state index contributed by atoms with van der Waals surface area (Å²) >= 11 is 1.89. The highest BCUT2D eigenvalue weighted by Crippen LogP contribution is 2.45. The van der Waals surface area contributed by atoms with Gasteiger partial charge in [-0.1, -0.05) is 154 Å². The summed E-state index contributed by atoms with van der Waals surface area (Å²) < 4.78 is 5.62.